The molecule has 1 unspecified atom stereocenters. The molecule has 0 radical (unpaired) electrons. The number of aryl methyl sites for hydroxylation is 1. The van der Waals surface area contributed by atoms with Crippen LogP contribution < -0.4 is 5.32 Å². The van der Waals surface area contributed by atoms with Gasteiger partial charge in [0.15, 0.2) is 0 Å². The van der Waals surface area contributed by atoms with Crippen molar-refractivity contribution < 1.29 is 4.39 Å². The molecule has 0 bridgehead atoms. The van der Waals surface area contributed by atoms with E-state index in [-0.39, 0.29) is 5.82 Å². The van der Waals surface area contributed by atoms with Crippen LogP contribution in [0.4, 0.5) is 4.39 Å². The van der Waals surface area contributed by atoms with E-state index in [4.69, 9.17) is 4.98 Å². The summed E-state index contributed by atoms with van der Waals surface area (Å²) in [6, 6.07) is 5.41. The van der Waals surface area contributed by atoms with E-state index in [1.54, 1.807) is 12.1 Å². The summed E-state index contributed by atoms with van der Waals surface area (Å²) < 4.78 is 13.6. The molecule has 1 aliphatic rings. The zero-order valence-electron chi connectivity index (χ0n) is 12.2. The average Bonchev–Trinajstić information content (AvgIpc) is 2.91. The van der Waals surface area contributed by atoms with Crippen LogP contribution in [0.5, 0.6) is 0 Å². The fourth-order valence-electron chi connectivity index (χ4n) is 2.95. The Morgan fingerprint density at radius 3 is 3.00 bits per heavy atom. The van der Waals surface area contributed by atoms with E-state index in [0.29, 0.717) is 6.04 Å². The van der Waals surface area contributed by atoms with E-state index in [9.17, 15) is 4.39 Å². The maximum Gasteiger partial charge on any atom is 0.123 e. The number of rotatable bonds is 4. The summed E-state index contributed by atoms with van der Waals surface area (Å²) in [5.74, 6) is -0.179. The highest BCUT2D eigenvalue weighted by molar-refractivity contribution is 5.84. The maximum absolute atomic E-state index is 13.6. The Morgan fingerprint density at radius 1 is 1.35 bits per heavy atom. The van der Waals surface area contributed by atoms with Gasteiger partial charge in [-0.3, -0.25) is 4.98 Å². The van der Waals surface area contributed by atoms with E-state index in [1.807, 2.05) is 0 Å². The zero-order chi connectivity index (χ0) is 14.1. The highest BCUT2D eigenvalue weighted by atomic mass is 19.1. The lowest BCUT2D eigenvalue weighted by Crippen LogP contribution is -2.25. The van der Waals surface area contributed by atoms with Crippen LogP contribution in [0.2, 0.25) is 0 Å². The predicted molar refractivity (Wildman–Crippen MR) is 80.3 cm³/mol. The number of halogens is 1. The van der Waals surface area contributed by atoms with E-state index < -0.39 is 0 Å². The first-order chi connectivity index (χ1) is 9.69. The lowest BCUT2D eigenvalue weighted by Gasteiger charge is -2.16. The maximum atomic E-state index is 13.6. The van der Waals surface area contributed by atoms with Crippen molar-refractivity contribution >= 4 is 10.9 Å². The van der Waals surface area contributed by atoms with Crippen LogP contribution >= 0.6 is 0 Å². The van der Waals surface area contributed by atoms with Gasteiger partial charge in [-0.15, -0.1) is 0 Å². The zero-order valence-corrected chi connectivity index (χ0v) is 12.2. The highest BCUT2D eigenvalue weighted by Crippen LogP contribution is 2.30. The summed E-state index contributed by atoms with van der Waals surface area (Å²) in [7, 11) is 0. The number of aromatic nitrogens is 1. The Balaban J connectivity index is 2.08. The fourth-order valence-corrected chi connectivity index (χ4v) is 2.95. The van der Waals surface area contributed by atoms with Crippen LogP contribution in [0.3, 0.4) is 0 Å². The van der Waals surface area contributed by atoms with E-state index in [0.717, 1.165) is 43.1 Å². The number of nitrogens with zero attached hydrogens (tertiary/aromatic N) is 1. The number of hydrogen-bond acceptors (Lipinski definition) is 2. The van der Waals surface area contributed by atoms with Crippen molar-refractivity contribution in [2.75, 3.05) is 0 Å². The molecule has 1 N–H and O–H groups in total. The topological polar surface area (TPSA) is 24.9 Å². The molecule has 0 saturated carbocycles. The molecule has 2 aromatic rings. The van der Waals surface area contributed by atoms with Gasteiger partial charge in [-0.25, -0.2) is 4.39 Å². The monoisotopic (exact) mass is 272 g/mol. The summed E-state index contributed by atoms with van der Waals surface area (Å²) in [6.45, 7) is 5.16. The van der Waals surface area contributed by atoms with Crippen molar-refractivity contribution in [3.63, 3.8) is 0 Å². The van der Waals surface area contributed by atoms with E-state index in [2.05, 4.69) is 19.2 Å². The summed E-state index contributed by atoms with van der Waals surface area (Å²) in [5, 5.41) is 4.51. The molecule has 0 spiro atoms. The van der Waals surface area contributed by atoms with Gasteiger partial charge in [0.1, 0.15) is 5.82 Å². The SMILES string of the molecule is CCC(C)NCc1c2c(nc3ccc(F)cc13)CCC2. The van der Waals surface area contributed by atoms with Crippen LogP contribution in [0, 0.1) is 5.82 Å². The van der Waals surface area contributed by atoms with Crippen molar-refractivity contribution in [3.8, 4) is 0 Å². The first-order valence-electron chi connectivity index (χ1n) is 7.52. The van der Waals surface area contributed by atoms with Crippen LogP contribution in [0.15, 0.2) is 18.2 Å². The van der Waals surface area contributed by atoms with Gasteiger partial charge in [-0.2, -0.15) is 0 Å². The molecule has 1 aliphatic carbocycles. The molecule has 0 amide bonds. The lowest BCUT2D eigenvalue weighted by molar-refractivity contribution is 0.534. The summed E-state index contributed by atoms with van der Waals surface area (Å²) in [4.78, 5) is 4.71. The third-order valence-corrected chi connectivity index (χ3v) is 4.33. The Hall–Kier alpha value is -1.48. The Bertz CT molecular complexity index is 636. The molecule has 1 heterocycles. The molecule has 106 valence electrons. The number of nitrogens with one attached hydrogen (secondary N) is 1. The van der Waals surface area contributed by atoms with Crippen molar-refractivity contribution in [3.05, 3.63) is 40.8 Å². The van der Waals surface area contributed by atoms with Crippen molar-refractivity contribution in [2.24, 2.45) is 0 Å². The molecular formula is C17H21FN2. The minimum Gasteiger partial charge on any atom is -0.310 e. The standard InChI is InChI=1S/C17H21FN2/c1-3-11(2)19-10-15-13-5-4-6-16(13)20-17-8-7-12(18)9-14(15)17/h7-9,11,19H,3-6,10H2,1-2H3. The van der Waals surface area contributed by atoms with Crippen LogP contribution in [0.1, 0.15) is 43.5 Å². The first kappa shape index (κ1) is 13.5. The molecule has 2 nitrogen and oxygen atoms in total. The number of fused-ring (bicyclic) bond motifs is 2. The van der Waals surface area contributed by atoms with Crippen molar-refractivity contribution in [2.45, 2.75) is 52.1 Å². The van der Waals surface area contributed by atoms with Crippen LogP contribution in [-0.2, 0) is 19.4 Å². The number of hydrogen-bond donors (Lipinski definition) is 1. The minimum absolute atomic E-state index is 0.179. The van der Waals surface area contributed by atoms with Gasteiger partial charge in [-0.05, 0) is 61.9 Å². The van der Waals surface area contributed by atoms with Gasteiger partial charge < -0.3 is 5.32 Å². The van der Waals surface area contributed by atoms with Crippen molar-refractivity contribution in [1.29, 1.82) is 0 Å². The molecule has 0 fully saturated rings. The quantitative estimate of drug-likeness (QED) is 0.917. The van der Waals surface area contributed by atoms with Gasteiger partial charge in [-0.1, -0.05) is 6.92 Å². The minimum atomic E-state index is -0.179. The van der Waals surface area contributed by atoms with Gasteiger partial charge in [0.2, 0.25) is 0 Å². The highest BCUT2D eigenvalue weighted by Gasteiger charge is 2.19. The molecule has 3 heteroatoms. The fraction of sp³-hybridized carbons (Fsp3) is 0.471. The molecule has 0 saturated heterocycles. The largest absolute Gasteiger partial charge is 0.310 e. The van der Waals surface area contributed by atoms with E-state index >= 15 is 0 Å². The third-order valence-electron chi connectivity index (χ3n) is 4.33. The second kappa shape index (κ2) is 5.49. The Kier molecular flexibility index (Phi) is 3.70. The van der Waals surface area contributed by atoms with Crippen LogP contribution in [-0.4, -0.2) is 11.0 Å². The molecule has 1 atom stereocenters. The second-order valence-electron chi connectivity index (χ2n) is 5.72. The van der Waals surface area contributed by atoms with Gasteiger partial charge in [0.05, 0.1) is 5.52 Å². The summed E-state index contributed by atoms with van der Waals surface area (Å²) in [5.41, 5.74) is 4.74. The summed E-state index contributed by atoms with van der Waals surface area (Å²) in [6.07, 6.45) is 4.39. The van der Waals surface area contributed by atoms with Gasteiger partial charge in [0.25, 0.3) is 0 Å². The van der Waals surface area contributed by atoms with Gasteiger partial charge in [0, 0.05) is 23.7 Å². The molecule has 1 aromatic heterocycles. The Labute approximate surface area is 119 Å². The number of pyridine rings is 1. The predicted octanol–water partition coefficient (Wildman–Crippen LogP) is 3.75. The molecule has 1 aromatic carbocycles. The van der Waals surface area contributed by atoms with E-state index in [1.165, 1.54) is 22.9 Å². The molecular weight excluding hydrogens is 251 g/mol. The smallest absolute Gasteiger partial charge is 0.123 e. The molecule has 20 heavy (non-hydrogen) atoms. The second-order valence-corrected chi connectivity index (χ2v) is 5.72. The number of benzene rings is 1. The van der Waals surface area contributed by atoms with Crippen molar-refractivity contribution in [1.82, 2.24) is 10.3 Å². The summed E-state index contributed by atoms with van der Waals surface area (Å²) >= 11 is 0. The van der Waals surface area contributed by atoms with Gasteiger partial charge >= 0.3 is 0 Å². The normalized spacial score (nSPS) is 15.6. The average molecular weight is 272 g/mol. The van der Waals surface area contributed by atoms with Crippen LogP contribution in [0.25, 0.3) is 10.9 Å². The lowest BCUT2D eigenvalue weighted by atomic mass is 10.0. The Morgan fingerprint density at radius 2 is 2.20 bits per heavy atom. The third kappa shape index (κ3) is 2.42. The molecule has 0 aliphatic heterocycles. The molecule has 3 rings (SSSR count). The first-order valence-corrected chi connectivity index (χ1v) is 7.52.